The minimum atomic E-state index is -0.526. The highest BCUT2D eigenvalue weighted by Crippen LogP contribution is 2.42. The molecule has 1 aliphatic rings. The smallest absolute Gasteiger partial charge is 0.270 e. The first kappa shape index (κ1) is 15.4. The number of hydrogen-bond acceptors (Lipinski definition) is 5. The molecule has 0 spiro atoms. The van der Waals surface area contributed by atoms with E-state index in [1.54, 1.807) is 0 Å². The van der Waals surface area contributed by atoms with Crippen molar-refractivity contribution < 1.29 is 10.0 Å². The van der Waals surface area contributed by atoms with Gasteiger partial charge in [-0.1, -0.05) is 24.3 Å². The fourth-order valence-corrected chi connectivity index (χ4v) is 3.60. The maximum absolute atomic E-state index is 11.2. The van der Waals surface area contributed by atoms with E-state index in [0.29, 0.717) is 5.56 Å². The molecule has 1 aromatic heterocycles. The van der Waals surface area contributed by atoms with Gasteiger partial charge in [0.25, 0.3) is 5.69 Å². The van der Waals surface area contributed by atoms with E-state index in [-0.39, 0.29) is 11.4 Å². The standard InChI is InChI=1S/C20H14N4O3/c25-18-10-9-12(24(26)27)11-14(18)20-21-15-6-2-1-5-13(15)19-22-16-7-3-4-8-17(16)23(19)20/h1-11,20-21,25H. The number of nitro benzene ring substituents is 1. The van der Waals surface area contributed by atoms with Crippen LogP contribution in [-0.2, 0) is 0 Å². The Balaban J connectivity index is 1.82. The molecule has 3 aromatic carbocycles. The van der Waals surface area contributed by atoms with Crippen LogP contribution in [0.3, 0.4) is 0 Å². The normalized spacial score (nSPS) is 15.0. The fraction of sp³-hybridized carbons (Fsp3) is 0.0500. The third-order valence-corrected chi connectivity index (χ3v) is 4.83. The molecule has 132 valence electrons. The average molecular weight is 358 g/mol. The summed E-state index contributed by atoms with van der Waals surface area (Å²) < 4.78 is 1.97. The SMILES string of the molecule is O=[N+]([O-])c1ccc(O)c(C2Nc3ccccc3-c3nc4ccccc4n32)c1. The van der Waals surface area contributed by atoms with Crippen molar-refractivity contribution in [2.75, 3.05) is 5.32 Å². The molecular formula is C20H14N4O3. The number of benzene rings is 3. The number of hydrogen-bond donors (Lipinski definition) is 2. The van der Waals surface area contributed by atoms with E-state index in [1.165, 1.54) is 18.2 Å². The molecule has 0 fully saturated rings. The number of nitrogens with one attached hydrogen (secondary N) is 1. The van der Waals surface area contributed by atoms with E-state index < -0.39 is 11.1 Å². The minimum absolute atomic E-state index is 0.0128. The second-order valence-electron chi connectivity index (χ2n) is 6.39. The van der Waals surface area contributed by atoms with Crippen LogP contribution in [0.2, 0.25) is 0 Å². The Hall–Kier alpha value is -3.87. The van der Waals surface area contributed by atoms with Gasteiger partial charge in [0.15, 0.2) is 0 Å². The van der Waals surface area contributed by atoms with Gasteiger partial charge in [0.05, 0.1) is 16.0 Å². The maximum Gasteiger partial charge on any atom is 0.270 e. The third-order valence-electron chi connectivity index (χ3n) is 4.83. The van der Waals surface area contributed by atoms with Crippen LogP contribution in [-0.4, -0.2) is 19.6 Å². The fourth-order valence-electron chi connectivity index (χ4n) is 3.60. The second-order valence-corrected chi connectivity index (χ2v) is 6.39. The zero-order valence-corrected chi connectivity index (χ0v) is 14.0. The molecule has 1 aliphatic heterocycles. The molecular weight excluding hydrogens is 344 g/mol. The van der Waals surface area contributed by atoms with E-state index >= 15 is 0 Å². The number of non-ortho nitro benzene ring substituents is 1. The quantitative estimate of drug-likeness (QED) is 0.412. The number of fused-ring (bicyclic) bond motifs is 5. The predicted octanol–water partition coefficient (Wildman–Crippen LogP) is 4.29. The Morgan fingerprint density at radius 3 is 2.70 bits per heavy atom. The number of anilines is 1. The molecule has 7 nitrogen and oxygen atoms in total. The summed E-state index contributed by atoms with van der Waals surface area (Å²) in [5.74, 6) is 0.739. The van der Waals surface area contributed by atoms with Gasteiger partial charge in [-0.05, 0) is 30.3 Å². The van der Waals surface area contributed by atoms with Gasteiger partial charge in [-0.3, -0.25) is 14.7 Å². The summed E-state index contributed by atoms with van der Waals surface area (Å²) in [4.78, 5) is 15.5. The Morgan fingerprint density at radius 1 is 1.07 bits per heavy atom. The van der Waals surface area contributed by atoms with E-state index in [4.69, 9.17) is 4.98 Å². The number of aromatic nitrogens is 2. The molecule has 0 saturated carbocycles. The average Bonchev–Trinajstić information content (AvgIpc) is 3.07. The molecule has 4 aromatic rings. The summed E-state index contributed by atoms with van der Waals surface area (Å²) in [5, 5.41) is 25.1. The number of imidazole rings is 1. The molecule has 5 rings (SSSR count). The van der Waals surface area contributed by atoms with Gasteiger partial charge in [-0.2, -0.15) is 0 Å². The van der Waals surface area contributed by atoms with Crippen molar-refractivity contribution in [1.82, 2.24) is 9.55 Å². The number of phenolic OH excluding ortho intramolecular Hbond substituents is 1. The number of nitrogens with zero attached hydrogens (tertiary/aromatic N) is 3. The Bertz CT molecular complexity index is 1220. The first-order valence-corrected chi connectivity index (χ1v) is 8.44. The highest BCUT2D eigenvalue weighted by Gasteiger charge is 2.30. The maximum atomic E-state index is 11.2. The lowest BCUT2D eigenvalue weighted by Gasteiger charge is -2.30. The van der Waals surface area contributed by atoms with Crippen molar-refractivity contribution in [2.24, 2.45) is 0 Å². The number of rotatable bonds is 2. The number of aromatic hydroxyl groups is 1. The number of phenols is 1. The highest BCUT2D eigenvalue weighted by atomic mass is 16.6. The van der Waals surface area contributed by atoms with Gasteiger partial charge >= 0.3 is 0 Å². The predicted molar refractivity (Wildman–Crippen MR) is 102 cm³/mol. The zero-order chi connectivity index (χ0) is 18.5. The second kappa shape index (κ2) is 5.57. The van der Waals surface area contributed by atoms with Crippen LogP contribution >= 0.6 is 0 Å². The molecule has 0 radical (unpaired) electrons. The van der Waals surface area contributed by atoms with Crippen molar-refractivity contribution in [3.8, 4) is 17.1 Å². The number of nitro groups is 1. The Kier molecular flexibility index (Phi) is 3.17. The van der Waals surface area contributed by atoms with Gasteiger partial charge < -0.3 is 10.4 Å². The van der Waals surface area contributed by atoms with Crippen LogP contribution < -0.4 is 5.32 Å². The highest BCUT2D eigenvalue weighted by molar-refractivity contribution is 5.87. The molecule has 1 atom stereocenters. The van der Waals surface area contributed by atoms with Crippen molar-refractivity contribution in [3.05, 3.63) is 82.4 Å². The lowest BCUT2D eigenvalue weighted by atomic mass is 10.0. The minimum Gasteiger partial charge on any atom is -0.508 e. The van der Waals surface area contributed by atoms with Crippen molar-refractivity contribution >= 4 is 22.4 Å². The van der Waals surface area contributed by atoms with Gasteiger partial charge in [0.2, 0.25) is 0 Å². The lowest BCUT2D eigenvalue weighted by molar-refractivity contribution is -0.385. The van der Waals surface area contributed by atoms with E-state index in [2.05, 4.69) is 5.32 Å². The van der Waals surface area contributed by atoms with Gasteiger partial charge in [-0.25, -0.2) is 4.98 Å². The van der Waals surface area contributed by atoms with Crippen LogP contribution in [0, 0.1) is 10.1 Å². The summed E-state index contributed by atoms with van der Waals surface area (Å²) in [7, 11) is 0. The zero-order valence-electron chi connectivity index (χ0n) is 14.0. The molecule has 7 heteroatoms. The van der Waals surface area contributed by atoms with Crippen LogP contribution in [0.25, 0.3) is 22.4 Å². The molecule has 2 heterocycles. The van der Waals surface area contributed by atoms with Crippen LogP contribution in [0.5, 0.6) is 5.75 Å². The van der Waals surface area contributed by atoms with E-state index in [0.717, 1.165) is 28.1 Å². The van der Waals surface area contributed by atoms with Crippen molar-refractivity contribution in [2.45, 2.75) is 6.17 Å². The van der Waals surface area contributed by atoms with Crippen molar-refractivity contribution in [1.29, 1.82) is 0 Å². The van der Waals surface area contributed by atoms with Gasteiger partial charge in [0, 0.05) is 28.9 Å². The summed E-state index contributed by atoms with van der Waals surface area (Å²) in [6.45, 7) is 0. The third kappa shape index (κ3) is 2.25. The first-order valence-electron chi connectivity index (χ1n) is 8.44. The van der Waals surface area contributed by atoms with Crippen LogP contribution in [0.15, 0.2) is 66.7 Å². The summed E-state index contributed by atoms with van der Waals surface area (Å²) in [5.41, 5.74) is 3.84. The molecule has 27 heavy (non-hydrogen) atoms. The molecule has 0 saturated heterocycles. The summed E-state index contributed by atoms with van der Waals surface area (Å²) in [6, 6.07) is 19.5. The number of para-hydroxylation sites is 3. The molecule has 0 aliphatic carbocycles. The topological polar surface area (TPSA) is 93.2 Å². The summed E-state index contributed by atoms with van der Waals surface area (Å²) in [6.07, 6.45) is -0.526. The Morgan fingerprint density at radius 2 is 1.85 bits per heavy atom. The molecule has 0 amide bonds. The van der Waals surface area contributed by atoms with Crippen molar-refractivity contribution in [3.63, 3.8) is 0 Å². The molecule has 2 N–H and O–H groups in total. The summed E-state index contributed by atoms with van der Waals surface area (Å²) >= 11 is 0. The van der Waals surface area contributed by atoms with Gasteiger partial charge in [-0.15, -0.1) is 0 Å². The lowest BCUT2D eigenvalue weighted by Crippen LogP contribution is -2.25. The largest absolute Gasteiger partial charge is 0.508 e. The molecule has 0 bridgehead atoms. The van der Waals surface area contributed by atoms with E-state index in [1.807, 2.05) is 53.1 Å². The Labute approximate surface area is 153 Å². The van der Waals surface area contributed by atoms with Crippen LogP contribution in [0.4, 0.5) is 11.4 Å². The molecule has 1 unspecified atom stereocenters. The van der Waals surface area contributed by atoms with Gasteiger partial charge in [0.1, 0.15) is 17.7 Å². The van der Waals surface area contributed by atoms with Crippen LogP contribution in [0.1, 0.15) is 11.7 Å². The monoisotopic (exact) mass is 358 g/mol. The first-order chi connectivity index (χ1) is 13.1. The van der Waals surface area contributed by atoms with E-state index in [9.17, 15) is 15.2 Å².